The Bertz CT molecular complexity index is 234. The van der Waals surface area contributed by atoms with E-state index < -0.39 is 6.10 Å². The Morgan fingerprint density at radius 1 is 1.64 bits per heavy atom. The number of aliphatic hydroxyl groups excluding tert-OH is 1. The average Bonchev–Trinajstić information content (AvgIpc) is 2.26. The number of carbonyl (C=O) groups excluding carboxylic acids is 1. The Labute approximate surface area is 69.9 Å². The molecule has 3 unspecified atom stereocenters. The molecule has 2 bridgehead atoms. The molecule has 3 atom stereocenters. The summed E-state index contributed by atoms with van der Waals surface area (Å²) in [6, 6.07) is 0. The molecule has 0 heterocycles. The predicted molar refractivity (Wildman–Crippen MR) is 41.2 cm³/mol. The first-order valence-corrected chi connectivity index (χ1v) is 4.14. The van der Waals surface area contributed by atoms with Crippen LogP contribution in [0.5, 0.6) is 0 Å². The van der Waals surface area contributed by atoms with Crippen LogP contribution in [0.25, 0.3) is 0 Å². The van der Waals surface area contributed by atoms with Gasteiger partial charge in [0.05, 0.1) is 6.10 Å². The number of hydrogen-bond donors (Lipinski definition) is 1. The molecule has 1 fully saturated rings. The van der Waals surface area contributed by atoms with Crippen LogP contribution in [0.4, 0.5) is 0 Å². The van der Waals surface area contributed by atoms with Crippen molar-refractivity contribution in [1.29, 1.82) is 0 Å². The largest absolute Gasteiger partial charge is 0.387 e. The summed E-state index contributed by atoms with van der Waals surface area (Å²) < 4.78 is 0. The normalized spacial score (nSPS) is 42.5. The van der Waals surface area contributed by atoms with Crippen molar-refractivity contribution >= 4 is 17.4 Å². The molecule has 11 heavy (non-hydrogen) atoms. The van der Waals surface area contributed by atoms with Gasteiger partial charge in [-0.25, -0.2) is 0 Å². The predicted octanol–water partition coefficient (Wildman–Crippen LogP) is 1.08. The molecule has 0 radical (unpaired) electrons. The van der Waals surface area contributed by atoms with Crippen molar-refractivity contribution in [1.82, 2.24) is 0 Å². The van der Waals surface area contributed by atoms with Crippen molar-refractivity contribution in [2.45, 2.75) is 18.9 Å². The minimum Gasteiger partial charge on any atom is -0.387 e. The minimum absolute atomic E-state index is 0.00380. The molecule has 0 amide bonds. The number of halogens is 1. The fraction of sp³-hybridized carbons (Fsp3) is 0.625. The van der Waals surface area contributed by atoms with E-state index in [1.165, 1.54) is 0 Å². The quantitative estimate of drug-likeness (QED) is 0.594. The molecule has 2 aliphatic rings. The van der Waals surface area contributed by atoms with Crippen molar-refractivity contribution in [3.05, 3.63) is 11.1 Å². The summed E-state index contributed by atoms with van der Waals surface area (Å²) >= 11 is 5.72. The molecule has 2 aliphatic carbocycles. The summed E-state index contributed by atoms with van der Waals surface area (Å²) in [4.78, 5) is 11.1. The van der Waals surface area contributed by atoms with E-state index in [0.29, 0.717) is 11.5 Å². The number of aliphatic hydroxyl groups is 1. The summed E-state index contributed by atoms with van der Waals surface area (Å²) in [6.45, 7) is 0. The molecular weight excluding hydrogens is 164 g/mol. The van der Waals surface area contributed by atoms with E-state index in [1.54, 1.807) is 6.08 Å². The third-order valence-corrected chi connectivity index (χ3v) is 2.87. The van der Waals surface area contributed by atoms with Gasteiger partial charge in [-0.15, -0.1) is 0 Å². The van der Waals surface area contributed by atoms with Gasteiger partial charge in [-0.2, -0.15) is 0 Å². The Kier molecular flexibility index (Phi) is 1.55. The second-order valence-corrected chi connectivity index (χ2v) is 3.71. The lowest BCUT2D eigenvalue weighted by Crippen LogP contribution is -2.21. The highest BCUT2D eigenvalue weighted by atomic mass is 35.5. The summed E-state index contributed by atoms with van der Waals surface area (Å²) in [5.74, 6) is 0.311. The Balaban J connectivity index is 2.33. The smallest absolute Gasteiger partial charge is 0.140 e. The Morgan fingerprint density at radius 2 is 2.36 bits per heavy atom. The highest BCUT2D eigenvalue weighted by Gasteiger charge is 2.40. The molecule has 3 heteroatoms. The third-order valence-electron chi connectivity index (χ3n) is 2.52. The van der Waals surface area contributed by atoms with Crippen LogP contribution < -0.4 is 0 Å². The monoisotopic (exact) mass is 172 g/mol. The standard InChI is InChI=1S/C8H9ClO2/c9-6-2-4-1-5(8(6)11)3-7(4)10/h2,4-5,8,11H,1,3H2. The van der Waals surface area contributed by atoms with E-state index in [2.05, 4.69) is 0 Å². The van der Waals surface area contributed by atoms with Crippen LogP contribution in [-0.2, 0) is 4.79 Å². The van der Waals surface area contributed by atoms with Crippen molar-refractivity contribution in [3.8, 4) is 0 Å². The zero-order valence-electron chi connectivity index (χ0n) is 5.96. The summed E-state index contributed by atoms with van der Waals surface area (Å²) in [6.07, 6.45) is 2.40. The summed E-state index contributed by atoms with van der Waals surface area (Å²) in [5.41, 5.74) is 0. The highest BCUT2D eigenvalue weighted by molar-refractivity contribution is 6.30. The topological polar surface area (TPSA) is 37.3 Å². The lowest BCUT2D eigenvalue weighted by molar-refractivity contribution is -0.119. The van der Waals surface area contributed by atoms with E-state index in [-0.39, 0.29) is 17.6 Å². The molecule has 2 rings (SSSR count). The lowest BCUT2D eigenvalue weighted by atomic mass is 9.93. The number of rotatable bonds is 0. The van der Waals surface area contributed by atoms with Gasteiger partial charge in [0.2, 0.25) is 0 Å². The number of carbonyl (C=O) groups is 1. The van der Waals surface area contributed by atoms with Crippen LogP contribution in [0.15, 0.2) is 11.1 Å². The number of Topliss-reactive ketones (excluding diaryl/α,β-unsaturated/α-hetero) is 1. The second kappa shape index (κ2) is 2.32. The molecule has 0 aliphatic heterocycles. The molecule has 0 aromatic heterocycles. The van der Waals surface area contributed by atoms with Gasteiger partial charge in [0.15, 0.2) is 0 Å². The van der Waals surface area contributed by atoms with E-state index in [0.717, 1.165) is 6.42 Å². The Hall–Kier alpha value is -0.340. The molecule has 1 N–H and O–H groups in total. The molecule has 0 saturated heterocycles. The maximum Gasteiger partial charge on any atom is 0.140 e. The van der Waals surface area contributed by atoms with Gasteiger partial charge in [-0.05, 0) is 12.3 Å². The molecule has 0 aromatic rings. The molecular formula is C8H9ClO2. The Morgan fingerprint density at radius 3 is 3.09 bits per heavy atom. The van der Waals surface area contributed by atoms with Gasteiger partial charge in [0.1, 0.15) is 5.78 Å². The van der Waals surface area contributed by atoms with E-state index in [4.69, 9.17) is 11.6 Å². The third kappa shape index (κ3) is 1.01. The minimum atomic E-state index is -0.584. The van der Waals surface area contributed by atoms with Crippen LogP contribution in [0.3, 0.4) is 0 Å². The van der Waals surface area contributed by atoms with Crippen LogP contribution in [-0.4, -0.2) is 17.0 Å². The molecule has 1 saturated carbocycles. The zero-order valence-corrected chi connectivity index (χ0v) is 6.71. The molecule has 2 nitrogen and oxygen atoms in total. The van der Waals surface area contributed by atoms with Crippen molar-refractivity contribution in [2.24, 2.45) is 11.8 Å². The molecule has 60 valence electrons. The number of fused-ring (bicyclic) bond motifs is 2. The van der Waals surface area contributed by atoms with Crippen molar-refractivity contribution < 1.29 is 9.90 Å². The highest BCUT2D eigenvalue weighted by Crippen LogP contribution is 2.39. The van der Waals surface area contributed by atoms with Gasteiger partial charge in [-0.3, -0.25) is 4.79 Å². The number of ketones is 1. The maximum absolute atomic E-state index is 11.1. The summed E-state index contributed by atoms with van der Waals surface area (Å²) in [7, 11) is 0. The van der Waals surface area contributed by atoms with Gasteiger partial charge in [0, 0.05) is 17.4 Å². The first kappa shape index (κ1) is 7.32. The first-order valence-electron chi connectivity index (χ1n) is 3.76. The lowest BCUT2D eigenvalue weighted by Gasteiger charge is -2.20. The van der Waals surface area contributed by atoms with Crippen LogP contribution >= 0.6 is 11.6 Å². The second-order valence-electron chi connectivity index (χ2n) is 3.27. The zero-order chi connectivity index (χ0) is 8.01. The first-order chi connectivity index (χ1) is 5.18. The number of allylic oxidation sites excluding steroid dienone is 1. The van der Waals surface area contributed by atoms with Gasteiger partial charge < -0.3 is 5.11 Å². The molecule has 0 spiro atoms. The molecule has 0 aromatic carbocycles. The fourth-order valence-electron chi connectivity index (χ4n) is 1.87. The summed E-state index contributed by atoms with van der Waals surface area (Å²) in [5, 5.41) is 9.89. The maximum atomic E-state index is 11.1. The van der Waals surface area contributed by atoms with Crippen LogP contribution in [0, 0.1) is 11.8 Å². The number of hydrogen-bond acceptors (Lipinski definition) is 2. The van der Waals surface area contributed by atoms with E-state index >= 15 is 0 Å². The SMILES string of the molecule is O=C1CC2CC1C=C(Cl)C2O. The van der Waals surface area contributed by atoms with Crippen molar-refractivity contribution in [2.75, 3.05) is 0 Å². The van der Waals surface area contributed by atoms with E-state index in [9.17, 15) is 9.90 Å². The van der Waals surface area contributed by atoms with Crippen molar-refractivity contribution in [3.63, 3.8) is 0 Å². The van der Waals surface area contributed by atoms with E-state index in [1.807, 2.05) is 0 Å². The van der Waals surface area contributed by atoms with Gasteiger partial charge in [0.25, 0.3) is 0 Å². The van der Waals surface area contributed by atoms with Crippen LogP contribution in [0.2, 0.25) is 0 Å². The van der Waals surface area contributed by atoms with Gasteiger partial charge >= 0.3 is 0 Å². The average molecular weight is 173 g/mol. The van der Waals surface area contributed by atoms with Gasteiger partial charge in [-0.1, -0.05) is 17.7 Å². The van der Waals surface area contributed by atoms with Crippen LogP contribution in [0.1, 0.15) is 12.8 Å². The fourth-order valence-corrected chi connectivity index (χ4v) is 2.20.